The number of halogens is 1. The Morgan fingerprint density at radius 2 is 2.11 bits per heavy atom. The van der Waals surface area contributed by atoms with Gasteiger partial charge in [-0.3, -0.25) is 0 Å². The molecule has 0 radical (unpaired) electrons. The fourth-order valence-corrected chi connectivity index (χ4v) is 2.36. The van der Waals surface area contributed by atoms with Crippen molar-refractivity contribution >= 4 is 17.7 Å². The van der Waals surface area contributed by atoms with Crippen LogP contribution in [0, 0.1) is 0 Å². The van der Waals surface area contributed by atoms with Gasteiger partial charge in [-0.05, 0) is 31.9 Å². The highest BCUT2D eigenvalue weighted by Crippen LogP contribution is 2.37. The van der Waals surface area contributed by atoms with Gasteiger partial charge < -0.3 is 15.6 Å². The minimum Gasteiger partial charge on any atom is -0.443 e. The predicted molar refractivity (Wildman–Crippen MR) is 70.6 cm³/mol. The molecule has 0 aliphatic carbocycles. The average Bonchev–Trinajstić information content (AvgIpc) is 2.25. The van der Waals surface area contributed by atoms with E-state index in [1.165, 1.54) is 0 Å². The molecule has 0 bridgehead atoms. The van der Waals surface area contributed by atoms with Crippen LogP contribution in [0.2, 0.25) is 5.02 Å². The van der Waals surface area contributed by atoms with Gasteiger partial charge in [0.25, 0.3) is 0 Å². The number of amides is 1. The molecular weight excluding hydrogens is 254 g/mol. The molecule has 18 heavy (non-hydrogen) atoms. The van der Waals surface area contributed by atoms with Crippen molar-refractivity contribution < 1.29 is 14.6 Å². The Morgan fingerprint density at radius 3 is 2.61 bits per heavy atom. The van der Waals surface area contributed by atoms with Crippen molar-refractivity contribution in [1.29, 1.82) is 0 Å². The number of aliphatic hydroxyl groups excluding tert-OH is 1. The van der Waals surface area contributed by atoms with Crippen molar-refractivity contribution in [3.05, 3.63) is 34.9 Å². The molecule has 1 atom stereocenters. The molecule has 4 nitrogen and oxygen atoms in total. The molecule has 1 amide bonds. The van der Waals surface area contributed by atoms with Crippen LogP contribution in [-0.2, 0) is 4.74 Å². The summed E-state index contributed by atoms with van der Waals surface area (Å²) in [5.41, 5.74) is 5.07. The maximum Gasteiger partial charge on any atom is 0.405 e. The highest BCUT2D eigenvalue weighted by atomic mass is 35.5. The molecule has 1 unspecified atom stereocenters. The fourth-order valence-electron chi connectivity index (χ4n) is 2.09. The number of ether oxygens (including phenoxy) is 1. The lowest BCUT2D eigenvalue weighted by Gasteiger charge is -2.34. The van der Waals surface area contributed by atoms with Crippen LogP contribution in [0.5, 0.6) is 0 Å². The number of aliphatic hydroxyl groups is 1. The number of rotatable bonds is 5. The van der Waals surface area contributed by atoms with E-state index in [1.807, 2.05) is 18.2 Å². The molecule has 1 aromatic rings. The van der Waals surface area contributed by atoms with Crippen LogP contribution < -0.4 is 5.73 Å². The molecule has 0 heterocycles. The van der Waals surface area contributed by atoms with Gasteiger partial charge in [0.05, 0.1) is 0 Å². The number of nitrogens with two attached hydrogens (primary N) is 1. The van der Waals surface area contributed by atoms with Gasteiger partial charge in [0.15, 0.2) is 0 Å². The smallest absolute Gasteiger partial charge is 0.405 e. The van der Waals surface area contributed by atoms with Crippen molar-refractivity contribution in [2.75, 3.05) is 6.61 Å². The first-order valence-corrected chi connectivity index (χ1v) is 6.10. The van der Waals surface area contributed by atoms with Gasteiger partial charge in [-0.15, -0.1) is 0 Å². The van der Waals surface area contributed by atoms with E-state index >= 15 is 0 Å². The van der Waals surface area contributed by atoms with E-state index < -0.39 is 11.7 Å². The molecule has 0 aliphatic heterocycles. The topological polar surface area (TPSA) is 72.5 Å². The first-order valence-electron chi connectivity index (χ1n) is 5.72. The van der Waals surface area contributed by atoms with E-state index in [-0.39, 0.29) is 12.5 Å². The molecule has 100 valence electrons. The average molecular weight is 272 g/mol. The second kappa shape index (κ2) is 6.07. The molecule has 0 aromatic heterocycles. The lowest BCUT2D eigenvalue weighted by atomic mass is 9.82. The third-order valence-corrected chi connectivity index (χ3v) is 3.25. The summed E-state index contributed by atoms with van der Waals surface area (Å²) in [4.78, 5) is 10.9. The second-order valence-electron chi connectivity index (χ2n) is 4.61. The van der Waals surface area contributed by atoms with Crippen LogP contribution >= 0.6 is 11.6 Å². The zero-order valence-corrected chi connectivity index (χ0v) is 11.3. The molecule has 5 heteroatoms. The highest BCUT2D eigenvalue weighted by molar-refractivity contribution is 6.31. The molecule has 0 fully saturated rings. The summed E-state index contributed by atoms with van der Waals surface area (Å²) in [6.07, 6.45) is -0.403. The van der Waals surface area contributed by atoms with E-state index in [1.54, 1.807) is 19.9 Å². The number of primary amides is 1. The van der Waals surface area contributed by atoms with Crippen molar-refractivity contribution in [3.63, 3.8) is 0 Å². The Balaban J connectivity index is 3.09. The monoisotopic (exact) mass is 271 g/mol. The van der Waals surface area contributed by atoms with Crippen LogP contribution in [-0.4, -0.2) is 23.4 Å². The summed E-state index contributed by atoms with van der Waals surface area (Å²) in [6, 6.07) is 7.30. The van der Waals surface area contributed by atoms with E-state index in [0.717, 1.165) is 5.56 Å². The van der Waals surface area contributed by atoms with E-state index in [9.17, 15) is 9.90 Å². The van der Waals surface area contributed by atoms with Crippen molar-refractivity contribution in [1.82, 2.24) is 0 Å². The Kier molecular flexibility index (Phi) is 4.99. The van der Waals surface area contributed by atoms with Crippen LogP contribution in [0.1, 0.15) is 31.7 Å². The Hall–Kier alpha value is -1.26. The van der Waals surface area contributed by atoms with Crippen LogP contribution in [0.4, 0.5) is 4.79 Å². The molecule has 0 saturated heterocycles. The van der Waals surface area contributed by atoms with Gasteiger partial charge in [-0.2, -0.15) is 0 Å². The van der Waals surface area contributed by atoms with E-state index in [0.29, 0.717) is 11.4 Å². The minimum absolute atomic E-state index is 0.0263. The summed E-state index contributed by atoms with van der Waals surface area (Å²) in [5, 5.41) is 9.75. The van der Waals surface area contributed by atoms with Crippen LogP contribution in [0.3, 0.4) is 0 Å². The second-order valence-corrected chi connectivity index (χ2v) is 5.02. The maximum absolute atomic E-state index is 10.9. The summed E-state index contributed by atoms with van der Waals surface area (Å²) in [6.45, 7) is 3.48. The lowest BCUT2D eigenvalue weighted by molar-refractivity contribution is 0.0171. The summed E-state index contributed by atoms with van der Waals surface area (Å²) in [5.74, 6) is -0.219. The lowest BCUT2D eigenvalue weighted by Crippen LogP contribution is -2.37. The Morgan fingerprint density at radius 1 is 1.50 bits per heavy atom. The molecular formula is C13H18ClNO3. The number of hydrogen-bond donors (Lipinski definition) is 2. The standard InChI is InChI=1S/C13H18ClNO3/c1-13(2,18-12(15)17)10(7-8-16)9-5-3-4-6-11(9)14/h3-6,10,16H,7-8H2,1-2H3,(H2,15,17). The summed E-state index contributed by atoms with van der Waals surface area (Å²) >= 11 is 6.14. The zero-order chi connectivity index (χ0) is 13.8. The normalized spacial score (nSPS) is 13.1. The van der Waals surface area contributed by atoms with Gasteiger partial charge in [0.1, 0.15) is 5.60 Å². The first kappa shape index (κ1) is 14.8. The van der Waals surface area contributed by atoms with Crippen molar-refractivity contribution in [2.45, 2.75) is 31.8 Å². The van der Waals surface area contributed by atoms with E-state index in [2.05, 4.69) is 0 Å². The van der Waals surface area contributed by atoms with Gasteiger partial charge in [0.2, 0.25) is 0 Å². The number of carbonyl (C=O) groups is 1. The minimum atomic E-state index is -0.838. The van der Waals surface area contributed by atoms with Gasteiger partial charge in [-0.25, -0.2) is 4.79 Å². The molecule has 0 saturated carbocycles. The summed E-state index contributed by atoms with van der Waals surface area (Å²) < 4.78 is 5.13. The van der Waals surface area contributed by atoms with Gasteiger partial charge in [-0.1, -0.05) is 29.8 Å². The first-order chi connectivity index (χ1) is 8.38. The third-order valence-electron chi connectivity index (χ3n) is 2.90. The SMILES string of the molecule is CC(C)(OC(N)=O)C(CCO)c1ccccc1Cl. The quantitative estimate of drug-likeness (QED) is 0.865. The Labute approximate surface area is 112 Å². The Bertz CT molecular complexity index is 420. The number of benzene rings is 1. The predicted octanol–water partition coefficient (Wildman–Crippen LogP) is 2.68. The molecule has 3 N–H and O–H groups in total. The van der Waals surface area contributed by atoms with Crippen LogP contribution in [0.25, 0.3) is 0 Å². The van der Waals surface area contributed by atoms with E-state index in [4.69, 9.17) is 22.1 Å². The molecule has 0 aliphatic rings. The largest absolute Gasteiger partial charge is 0.443 e. The molecule has 1 aromatic carbocycles. The zero-order valence-electron chi connectivity index (χ0n) is 10.5. The number of carbonyl (C=O) groups excluding carboxylic acids is 1. The highest BCUT2D eigenvalue weighted by Gasteiger charge is 2.34. The van der Waals surface area contributed by atoms with Gasteiger partial charge >= 0.3 is 6.09 Å². The van der Waals surface area contributed by atoms with Gasteiger partial charge in [0, 0.05) is 17.5 Å². The van der Waals surface area contributed by atoms with Crippen LogP contribution in [0.15, 0.2) is 24.3 Å². The van der Waals surface area contributed by atoms with Crippen molar-refractivity contribution in [3.8, 4) is 0 Å². The molecule has 0 spiro atoms. The molecule has 1 rings (SSSR count). The summed E-state index contributed by atoms with van der Waals surface area (Å²) in [7, 11) is 0. The van der Waals surface area contributed by atoms with Crippen molar-refractivity contribution in [2.24, 2.45) is 5.73 Å². The third kappa shape index (κ3) is 3.62. The number of hydrogen-bond acceptors (Lipinski definition) is 3. The fraction of sp³-hybridized carbons (Fsp3) is 0.462. The maximum atomic E-state index is 10.9.